The number of sulfonamides is 1. The van der Waals surface area contributed by atoms with Gasteiger partial charge in [-0.3, -0.25) is 0 Å². The maximum atomic E-state index is 12.8. The van der Waals surface area contributed by atoms with Crippen LogP contribution in [0.3, 0.4) is 0 Å². The number of nitrogens with one attached hydrogen (secondary N) is 2. The summed E-state index contributed by atoms with van der Waals surface area (Å²) >= 11 is 2.79. The summed E-state index contributed by atoms with van der Waals surface area (Å²) in [5.41, 5.74) is -1.01. The van der Waals surface area contributed by atoms with Crippen LogP contribution in [-0.4, -0.2) is 27.5 Å². The van der Waals surface area contributed by atoms with Crippen LogP contribution in [0, 0.1) is 0 Å². The van der Waals surface area contributed by atoms with Crippen LogP contribution in [0.5, 0.6) is 0 Å². The Balaban J connectivity index is 2.27. The van der Waals surface area contributed by atoms with Crippen LogP contribution in [0.1, 0.15) is 18.4 Å². The summed E-state index contributed by atoms with van der Waals surface area (Å²) in [5.74, 6) is 0. The minimum Gasteiger partial charge on any atom is -0.315 e. The molecule has 0 aromatic heterocycles. The Bertz CT molecular complexity index is 613. The monoisotopic (exact) mass is 386 g/mol. The average Bonchev–Trinajstić information content (AvgIpc) is 2.38. The third kappa shape index (κ3) is 4.18. The Hall–Kier alpha value is -0.640. The van der Waals surface area contributed by atoms with E-state index in [1.807, 2.05) is 0 Å². The minimum absolute atomic E-state index is 0.187. The maximum Gasteiger partial charge on any atom is 0.417 e. The number of hydrogen-bond donors (Lipinski definition) is 2. The lowest BCUT2D eigenvalue weighted by Crippen LogP contribution is -2.45. The lowest BCUT2D eigenvalue weighted by atomic mass is 10.1. The number of rotatable bonds is 3. The molecule has 1 atom stereocenters. The highest BCUT2D eigenvalue weighted by molar-refractivity contribution is 9.10. The molecule has 1 aliphatic heterocycles. The van der Waals surface area contributed by atoms with Crippen LogP contribution in [0.4, 0.5) is 13.2 Å². The highest BCUT2D eigenvalue weighted by atomic mass is 79.9. The Morgan fingerprint density at radius 3 is 2.62 bits per heavy atom. The van der Waals surface area contributed by atoms with Gasteiger partial charge in [-0.05, 0) is 37.6 Å². The molecule has 0 spiro atoms. The number of alkyl halides is 3. The summed E-state index contributed by atoms with van der Waals surface area (Å²) in [4.78, 5) is -0.386. The molecule has 0 aliphatic carbocycles. The first-order valence-electron chi connectivity index (χ1n) is 6.30. The zero-order valence-corrected chi connectivity index (χ0v) is 13.3. The predicted molar refractivity (Wildman–Crippen MR) is 75.4 cm³/mol. The van der Waals surface area contributed by atoms with E-state index in [1.54, 1.807) is 0 Å². The van der Waals surface area contributed by atoms with Crippen molar-refractivity contribution in [2.45, 2.75) is 30.0 Å². The van der Waals surface area contributed by atoms with E-state index in [9.17, 15) is 21.6 Å². The van der Waals surface area contributed by atoms with E-state index < -0.39 is 21.8 Å². The zero-order chi connectivity index (χ0) is 15.7. The second-order valence-corrected chi connectivity index (χ2v) is 7.37. The minimum atomic E-state index is -4.61. The molecular weight excluding hydrogens is 373 g/mol. The third-order valence-corrected chi connectivity index (χ3v) is 5.38. The molecule has 0 saturated carbocycles. The van der Waals surface area contributed by atoms with Crippen molar-refractivity contribution in [2.75, 3.05) is 13.1 Å². The van der Waals surface area contributed by atoms with Crippen LogP contribution in [-0.2, 0) is 16.2 Å². The molecule has 1 unspecified atom stereocenters. The first-order chi connectivity index (χ1) is 9.70. The van der Waals surface area contributed by atoms with Gasteiger partial charge in [0.25, 0.3) is 0 Å². The Labute approximate surface area is 129 Å². The molecule has 118 valence electrons. The second-order valence-electron chi connectivity index (χ2n) is 4.80. The van der Waals surface area contributed by atoms with Gasteiger partial charge in [0.2, 0.25) is 10.0 Å². The standard InChI is InChI=1S/C12H14BrF3N2O2S/c13-11-4-3-9(6-10(11)12(14,15)16)21(19,20)18-8-2-1-5-17-7-8/h3-4,6,8,17-18H,1-2,5,7H2. The predicted octanol–water partition coefficient (Wildman–Crippen LogP) is 2.50. The van der Waals surface area contributed by atoms with Crippen molar-refractivity contribution in [1.82, 2.24) is 10.0 Å². The molecule has 21 heavy (non-hydrogen) atoms. The van der Waals surface area contributed by atoms with Crippen LogP contribution >= 0.6 is 15.9 Å². The van der Waals surface area contributed by atoms with Crippen molar-refractivity contribution in [2.24, 2.45) is 0 Å². The van der Waals surface area contributed by atoms with Gasteiger partial charge >= 0.3 is 6.18 Å². The van der Waals surface area contributed by atoms with Crippen LogP contribution < -0.4 is 10.0 Å². The van der Waals surface area contributed by atoms with Gasteiger partial charge < -0.3 is 5.32 Å². The normalized spacial score (nSPS) is 20.5. The fourth-order valence-corrected chi connectivity index (χ4v) is 3.90. The SMILES string of the molecule is O=S(=O)(NC1CCCNC1)c1ccc(Br)c(C(F)(F)F)c1. The largest absolute Gasteiger partial charge is 0.417 e. The van der Waals surface area contributed by atoms with Gasteiger partial charge in [-0.15, -0.1) is 0 Å². The smallest absolute Gasteiger partial charge is 0.315 e. The maximum absolute atomic E-state index is 12.8. The Morgan fingerprint density at radius 2 is 2.05 bits per heavy atom. The summed E-state index contributed by atoms with van der Waals surface area (Å²) in [6.07, 6.45) is -3.13. The van der Waals surface area contributed by atoms with E-state index in [1.165, 1.54) is 0 Å². The van der Waals surface area contributed by atoms with Gasteiger partial charge in [0.05, 0.1) is 10.5 Å². The Morgan fingerprint density at radius 1 is 1.33 bits per heavy atom. The molecule has 2 rings (SSSR count). The van der Waals surface area contributed by atoms with E-state index in [-0.39, 0.29) is 15.4 Å². The molecule has 1 saturated heterocycles. The van der Waals surface area contributed by atoms with Gasteiger partial charge in [0.15, 0.2) is 0 Å². The number of benzene rings is 1. The van der Waals surface area contributed by atoms with Gasteiger partial charge in [0.1, 0.15) is 0 Å². The number of piperidine rings is 1. The zero-order valence-electron chi connectivity index (χ0n) is 10.9. The second kappa shape index (κ2) is 6.23. The fourth-order valence-electron chi connectivity index (χ4n) is 2.13. The highest BCUT2D eigenvalue weighted by Gasteiger charge is 2.34. The van der Waals surface area contributed by atoms with Crippen molar-refractivity contribution in [3.05, 3.63) is 28.2 Å². The van der Waals surface area contributed by atoms with Crippen LogP contribution in [0.25, 0.3) is 0 Å². The number of hydrogen-bond acceptors (Lipinski definition) is 3. The fraction of sp³-hybridized carbons (Fsp3) is 0.500. The van der Waals surface area contributed by atoms with E-state index in [4.69, 9.17) is 0 Å². The molecular formula is C12H14BrF3N2O2S. The Kier molecular flexibility index (Phi) is 4.96. The summed E-state index contributed by atoms with van der Waals surface area (Å²) in [6, 6.07) is 2.58. The molecule has 0 radical (unpaired) electrons. The van der Waals surface area contributed by atoms with Gasteiger partial charge in [-0.2, -0.15) is 13.2 Å². The topological polar surface area (TPSA) is 58.2 Å². The van der Waals surface area contributed by atoms with E-state index in [0.717, 1.165) is 25.1 Å². The van der Waals surface area contributed by atoms with Crippen molar-refractivity contribution >= 4 is 26.0 Å². The van der Waals surface area contributed by atoms with Gasteiger partial charge in [-0.25, -0.2) is 13.1 Å². The summed E-state index contributed by atoms with van der Waals surface area (Å²) in [6.45, 7) is 1.29. The average molecular weight is 387 g/mol. The van der Waals surface area contributed by atoms with Crippen LogP contribution in [0.2, 0.25) is 0 Å². The number of halogens is 4. The van der Waals surface area contributed by atoms with Crippen molar-refractivity contribution in [3.8, 4) is 0 Å². The first-order valence-corrected chi connectivity index (χ1v) is 8.57. The molecule has 0 bridgehead atoms. The molecule has 0 amide bonds. The van der Waals surface area contributed by atoms with E-state index >= 15 is 0 Å². The summed E-state index contributed by atoms with van der Waals surface area (Å²) in [7, 11) is -3.97. The molecule has 1 fully saturated rings. The van der Waals surface area contributed by atoms with Gasteiger partial charge in [-0.1, -0.05) is 15.9 Å². The van der Waals surface area contributed by atoms with E-state index in [2.05, 4.69) is 26.0 Å². The molecule has 1 heterocycles. The highest BCUT2D eigenvalue weighted by Crippen LogP contribution is 2.36. The molecule has 2 N–H and O–H groups in total. The molecule has 1 aliphatic rings. The van der Waals surface area contributed by atoms with Crippen molar-refractivity contribution in [1.29, 1.82) is 0 Å². The summed E-state index contributed by atoms with van der Waals surface area (Å²) in [5, 5.41) is 3.04. The quantitative estimate of drug-likeness (QED) is 0.838. The van der Waals surface area contributed by atoms with E-state index in [0.29, 0.717) is 19.0 Å². The molecule has 1 aromatic rings. The summed E-state index contributed by atoms with van der Waals surface area (Å²) < 4.78 is 65.0. The lowest BCUT2D eigenvalue weighted by Gasteiger charge is -2.23. The first kappa shape index (κ1) is 16.7. The van der Waals surface area contributed by atoms with Crippen molar-refractivity contribution in [3.63, 3.8) is 0 Å². The van der Waals surface area contributed by atoms with Gasteiger partial charge in [0, 0.05) is 17.1 Å². The van der Waals surface area contributed by atoms with Crippen LogP contribution in [0.15, 0.2) is 27.6 Å². The molecule has 1 aromatic carbocycles. The lowest BCUT2D eigenvalue weighted by molar-refractivity contribution is -0.138. The molecule has 9 heteroatoms. The third-order valence-electron chi connectivity index (χ3n) is 3.17. The van der Waals surface area contributed by atoms with Crippen molar-refractivity contribution < 1.29 is 21.6 Å². The molecule has 4 nitrogen and oxygen atoms in total.